The number of rotatable bonds is 17. The van der Waals surface area contributed by atoms with Crippen LogP contribution in [0.5, 0.6) is 5.75 Å². The number of nitrogens with zero attached hydrogens (tertiary/aromatic N) is 5. The van der Waals surface area contributed by atoms with Gasteiger partial charge in [-0.15, -0.1) is 21.5 Å². The van der Waals surface area contributed by atoms with Crippen LogP contribution in [0, 0.1) is 12.3 Å². The van der Waals surface area contributed by atoms with Gasteiger partial charge >= 0.3 is 0 Å². The third kappa shape index (κ3) is 10.9. The molecule has 63 heavy (non-hydrogen) atoms. The van der Waals surface area contributed by atoms with Crippen LogP contribution in [0.25, 0.3) is 32.7 Å². The van der Waals surface area contributed by atoms with Crippen LogP contribution in [-0.2, 0) is 19.2 Å². The number of aryl methyl sites for hydroxylation is 1. The average Bonchev–Trinajstić information content (AvgIpc) is 3.97. The van der Waals surface area contributed by atoms with Crippen LogP contribution >= 0.6 is 11.3 Å². The number of carbonyl (C=O) groups is 4. The van der Waals surface area contributed by atoms with Gasteiger partial charge in [0.25, 0.3) is 0 Å². The summed E-state index contributed by atoms with van der Waals surface area (Å²) in [6.07, 6.45) is 5.27. The van der Waals surface area contributed by atoms with Crippen molar-refractivity contribution in [2.24, 2.45) is 5.41 Å². The maximum atomic E-state index is 14.1. The van der Waals surface area contributed by atoms with Crippen LogP contribution in [0.4, 0.5) is 0 Å². The van der Waals surface area contributed by atoms with Crippen LogP contribution < -0.4 is 10.6 Å². The van der Waals surface area contributed by atoms with Crippen molar-refractivity contribution in [3.8, 4) is 27.4 Å². The fourth-order valence-electron chi connectivity index (χ4n) is 8.55. The highest BCUT2D eigenvalue weighted by molar-refractivity contribution is 7.13. The molecule has 4 atom stereocenters. The van der Waals surface area contributed by atoms with Crippen molar-refractivity contribution < 1.29 is 29.4 Å². The number of fused-ring (bicyclic) bond motifs is 1. The Kier molecular flexibility index (Phi) is 14.3. The van der Waals surface area contributed by atoms with Crippen molar-refractivity contribution in [2.75, 3.05) is 19.6 Å². The molecule has 0 spiro atoms. The lowest BCUT2D eigenvalue weighted by atomic mass is 9.85. The number of amides is 4. The van der Waals surface area contributed by atoms with Crippen LogP contribution in [0.15, 0.2) is 66.2 Å². The van der Waals surface area contributed by atoms with Gasteiger partial charge in [0, 0.05) is 61.5 Å². The summed E-state index contributed by atoms with van der Waals surface area (Å²) in [6, 6.07) is 16.9. The van der Waals surface area contributed by atoms with Crippen molar-refractivity contribution >= 4 is 46.0 Å². The zero-order chi connectivity index (χ0) is 44.8. The van der Waals surface area contributed by atoms with Gasteiger partial charge in [-0.2, -0.15) is 0 Å². The smallest absolute Gasteiger partial charge is 0.246 e. The van der Waals surface area contributed by atoms with Gasteiger partial charge in [-0.05, 0) is 67.5 Å². The third-order valence-electron chi connectivity index (χ3n) is 12.4. The molecule has 2 aromatic carbocycles. The van der Waals surface area contributed by atoms with Crippen LogP contribution in [-0.4, -0.2) is 102 Å². The number of β-amino-alcohol motifs (C(OH)–C–C–N with tert-alkyl or cyclic N) is 1. The molecule has 5 N–H and O–H groups in total. The van der Waals surface area contributed by atoms with E-state index >= 15 is 0 Å². The molecule has 3 aromatic heterocycles. The van der Waals surface area contributed by atoms with Crippen molar-refractivity contribution in [3.63, 3.8) is 0 Å². The SMILES string of the molecule is Cc1ncsc1-c1ccc([C@H](C)NC(=O)C2C[C@@H](O)CN2C(=O)C(NC(=O)CCCCCCCCC(=O)N2CC(c3cc4cc(-c5ccccc5O)nnc4[nH]3)C2)C(C)(C)C)cc1. The molecule has 5 heterocycles. The zero-order valence-corrected chi connectivity index (χ0v) is 37.7. The Morgan fingerprint density at radius 1 is 0.905 bits per heavy atom. The first kappa shape index (κ1) is 45.4. The molecule has 5 aromatic rings. The van der Waals surface area contributed by atoms with E-state index in [-0.39, 0.29) is 60.7 Å². The Hall–Kier alpha value is -5.67. The van der Waals surface area contributed by atoms with Crippen LogP contribution in [0.2, 0.25) is 0 Å². The second-order valence-corrected chi connectivity index (χ2v) is 19.1. The van der Waals surface area contributed by atoms with Gasteiger partial charge in [-0.1, -0.05) is 82.9 Å². The maximum Gasteiger partial charge on any atom is 0.246 e. The lowest BCUT2D eigenvalue weighted by Crippen LogP contribution is -2.57. The van der Waals surface area contributed by atoms with Crippen LogP contribution in [0.1, 0.15) is 114 Å². The molecule has 0 saturated carbocycles. The number of H-pyrrole nitrogens is 1. The van der Waals surface area contributed by atoms with E-state index in [4.69, 9.17) is 0 Å². The minimum atomic E-state index is -0.869. The maximum absolute atomic E-state index is 14.1. The number of likely N-dealkylation sites (tertiary alicyclic amines) is 2. The molecular weight excluding hydrogens is 817 g/mol. The average molecular weight is 877 g/mol. The number of benzene rings is 2. The number of aliphatic hydroxyl groups is 1. The fourth-order valence-corrected chi connectivity index (χ4v) is 9.36. The number of aromatic hydroxyl groups is 1. The topological polar surface area (TPSA) is 194 Å². The van der Waals surface area contributed by atoms with E-state index in [0.717, 1.165) is 64.9 Å². The number of phenolic OH excluding ortho intramolecular Hbond substituents is 1. The number of para-hydroxylation sites is 1. The van der Waals surface area contributed by atoms with E-state index in [1.165, 1.54) is 4.90 Å². The molecule has 0 radical (unpaired) electrons. The summed E-state index contributed by atoms with van der Waals surface area (Å²) < 4.78 is 0. The molecule has 2 saturated heterocycles. The summed E-state index contributed by atoms with van der Waals surface area (Å²) in [5.74, 6) is -0.398. The molecule has 4 amide bonds. The number of unbranched alkanes of at least 4 members (excludes halogenated alkanes) is 5. The first-order valence-electron chi connectivity index (χ1n) is 22.2. The number of aliphatic hydroxyl groups excluding tert-OH is 1. The minimum Gasteiger partial charge on any atom is -0.507 e. The molecule has 2 unspecified atom stereocenters. The van der Waals surface area contributed by atoms with Crippen molar-refractivity contribution in [2.45, 2.75) is 123 Å². The fraction of sp³-hybridized carbons (Fsp3) is 0.479. The lowest BCUT2D eigenvalue weighted by Gasteiger charge is -2.39. The molecular formula is C48H60N8O6S. The van der Waals surface area contributed by atoms with E-state index < -0.39 is 23.6 Å². The molecule has 15 heteroatoms. The summed E-state index contributed by atoms with van der Waals surface area (Å²) in [5.41, 5.74) is 7.08. The molecule has 0 bridgehead atoms. The van der Waals surface area contributed by atoms with Gasteiger partial charge in [0.2, 0.25) is 23.6 Å². The Balaban J connectivity index is 0.793. The van der Waals surface area contributed by atoms with Gasteiger partial charge in [0.15, 0.2) is 5.65 Å². The van der Waals surface area contributed by atoms with E-state index in [0.29, 0.717) is 42.8 Å². The number of hydrogen-bond acceptors (Lipinski definition) is 10. The van der Waals surface area contributed by atoms with Gasteiger partial charge in [-0.25, -0.2) is 4.98 Å². The number of carbonyl (C=O) groups excluding carboxylic acids is 4. The Morgan fingerprint density at radius 2 is 1.60 bits per heavy atom. The number of nitrogens with one attached hydrogen (secondary N) is 3. The molecule has 2 aliphatic heterocycles. The molecule has 14 nitrogen and oxygen atoms in total. The summed E-state index contributed by atoms with van der Waals surface area (Å²) >= 11 is 1.58. The summed E-state index contributed by atoms with van der Waals surface area (Å²) in [5, 5.41) is 36.4. The van der Waals surface area contributed by atoms with Gasteiger partial charge in [0.1, 0.15) is 17.8 Å². The number of phenols is 1. The van der Waals surface area contributed by atoms with Crippen molar-refractivity contribution in [1.82, 2.24) is 40.6 Å². The van der Waals surface area contributed by atoms with Gasteiger partial charge < -0.3 is 35.6 Å². The molecule has 7 rings (SSSR count). The predicted molar refractivity (Wildman–Crippen MR) is 244 cm³/mol. The van der Waals surface area contributed by atoms with Gasteiger partial charge in [0.05, 0.1) is 33.9 Å². The first-order chi connectivity index (χ1) is 30.2. The van der Waals surface area contributed by atoms with E-state index in [2.05, 4.69) is 36.9 Å². The Labute approximate surface area is 372 Å². The normalized spacial score (nSPS) is 17.7. The summed E-state index contributed by atoms with van der Waals surface area (Å²) in [6.45, 7) is 10.9. The van der Waals surface area contributed by atoms with Crippen molar-refractivity contribution in [3.05, 3.63) is 83.1 Å². The molecule has 2 aliphatic rings. The van der Waals surface area contributed by atoms with E-state index in [9.17, 15) is 29.4 Å². The quantitative estimate of drug-likeness (QED) is 0.0602. The van der Waals surface area contributed by atoms with E-state index in [1.54, 1.807) is 23.5 Å². The van der Waals surface area contributed by atoms with E-state index in [1.807, 2.05) is 87.5 Å². The highest BCUT2D eigenvalue weighted by atomic mass is 32.1. The first-order valence-corrected chi connectivity index (χ1v) is 23.1. The van der Waals surface area contributed by atoms with Crippen LogP contribution in [0.3, 0.4) is 0 Å². The van der Waals surface area contributed by atoms with Gasteiger partial charge in [-0.3, -0.25) is 19.2 Å². The summed E-state index contributed by atoms with van der Waals surface area (Å²) in [4.78, 5) is 65.9. The lowest BCUT2D eigenvalue weighted by molar-refractivity contribution is -0.144. The largest absolute Gasteiger partial charge is 0.507 e. The minimum absolute atomic E-state index is 0.0200. The third-order valence-corrected chi connectivity index (χ3v) is 13.3. The zero-order valence-electron chi connectivity index (χ0n) is 36.9. The summed E-state index contributed by atoms with van der Waals surface area (Å²) in [7, 11) is 0. The Morgan fingerprint density at radius 3 is 2.29 bits per heavy atom. The standard InChI is InChI=1S/C48H60N8O6S/c1-29(31-18-20-32(21-19-31)43-30(2)49-28-63-43)50-46(61)39-24-35(57)27-56(39)47(62)44(48(3,4)5)52-41(59)16-10-8-6-7-9-11-17-42(60)55-25-34(26-55)37-22-33-23-38(53-54-45(33)51-37)36-14-12-13-15-40(36)58/h12-15,18-23,28-29,34-35,39,44,57-58H,6-11,16-17,24-27H2,1-5H3,(H,50,61)(H,51,54)(H,52,59)/t29-,35+,39?,44?/m0/s1. The second-order valence-electron chi connectivity index (χ2n) is 18.3. The molecule has 0 aliphatic carbocycles. The number of aromatic nitrogens is 4. The second kappa shape index (κ2) is 19.8. The highest BCUT2D eigenvalue weighted by Crippen LogP contribution is 2.33. The van der Waals surface area contributed by atoms with Crippen molar-refractivity contribution in [1.29, 1.82) is 0 Å². The number of thiazole rings is 1. The number of hydrogen-bond donors (Lipinski definition) is 5. The Bertz CT molecular complexity index is 2400. The predicted octanol–water partition coefficient (Wildman–Crippen LogP) is 7.18. The molecule has 2 fully saturated rings. The molecule has 334 valence electrons. The highest BCUT2D eigenvalue weighted by Gasteiger charge is 2.44. The number of aromatic amines is 1. The monoisotopic (exact) mass is 876 g/mol.